The summed E-state index contributed by atoms with van der Waals surface area (Å²) >= 11 is 0. The molecular weight excluding hydrogens is 236 g/mol. The average Bonchev–Trinajstić information content (AvgIpc) is 2.71. The van der Waals surface area contributed by atoms with Crippen molar-refractivity contribution in [2.24, 2.45) is 0 Å². The maximum atomic E-state index is 11.8. The van der Waals surface area contributed by atoms with Crippen LogP contribution in [0.4, 0.5) is 0 Å². The fourth-order valence-electron chi connectivity index (χ4n) is 1.86. The van der Waals surface area contributed by atoms with E-state index >= 15 is 0 Å². The molecule has 0 radical (unpaired) electrons. The van der Waals surface area contributed by atoms with Gasteiger partial charge in [0.05, 0.1) is 0 Å². The lowest BCUT2D eigenvalue weighted by molar-refractivity contribution is -0.141. The van der Waals surface area contributed by atoms with Crippen molar-refractivity contribution < 1.29 is 20.5 Å². The van der Waals surface area contributed by atoms with Gasteiger partial charge in [0.25, 0.3) is 5.91 Å². The summed E-state index contributed by atoms with van der Waals surface area (Å²) < 4.78 is 5.36. The zero-order valence-corrected chi connectivity index (χ0v) is 10.0. The number of hydrogen-bond donors (Lipinski definition) is 1. The second-order valence-electron chi connectivity index (χ2n) is 3.58. The summed E-state index contributed by atoms with van der Waals surface area (Å²) in [6, 6.07) is 0. The van der Waals surface area contributed by atoms with E-state index in [1.165, 1.54) is 0 Å². The van der Waals surface area contributed by atoms with E-state index in [2.05, 4.69) is 5.32 Å². The molecule has 0 aromatic heterocycles. The standard InChI is InChI=1S/C9H16N2O2.ClH.2H2O/c12-9(8-2-1-7-13-8)11-5-3-10-4-6-11;;;/h8,10H,1-7H2;1H;2*1H2. The van der Waals surface area contributed by atoms with Crippen LogP contribution in [-0.4, -0.2) is 60.6 Å². The average molecular weight is 257 g/mol. The Hall–Kier alpha value is -0.400. The van der Waals surface area contributed by atoms with Gasteiger partial charge in [0.15, 0.2) is 0 Å². The fraction of sp³-hybridized carbons (Fsp3) is 0.889. The molecule has 2 heterocycles. The summed E-state index contributed by atoms with van der Waals surface area (Å²) in [7, 11) is 0. The van der Waals surface area contributed by atoms with E-state index in [-0.39, 0.29) is 35.4 Å². The highest BCUT2D eigenvalue weighted by Crippen LogP contribution is 2.14. The highest BCUT2D eigenvalue weighted by Gasteiger charge is 2.28. The second kappa shape index (κ2) is 8.72. The third kappa shape index (κ3) is 4.23. The minimum absolute atomic E-state index is 0. The van der Waals surface area contributed by atoms with Gasteiger partial charge in [0, 0.05) is 32.8 Å². The minimum Gasteiger partial charge on any atom is -0.412 e. The molecule has 16 heavy (non-hydrogen) atoms. The molecule has 2 aliphatic heterocycles. The van der Waals surface area contributed by atoms with Crippen LogP contribution in [0.1, 0.15) is 12.8 Å². The molecular formula is C9H21ClN2O4. The van der Waals surface area contributed by atoms with E-state index < -0.39 is 0 Å². The Morgan fingerprint density at radius 1 is 1.25 bits per heavy atom. The number of rotatable bonds is 1. The topological polar surface area (TPSA) is 105 Å². The van der Waals surface area contributed by atoms with E-state index in [1.54, 1.807) is 0 Å². The van der Waals surface area contributed by atoms with E-state index in [1.807, 2.05) is 4.90 Å². The molecule has 5 N–H and O–H groups in total. The lowest BCUT2D eigenvalue weighted by atomic mass is 10.2. The molecule has 2 saturated heterocycles. The van der Waals surface area contributed by atoms with Gasteiger partial charge in [-0.25, -0.2) is 0 Å². The molecule has 2 rings (SSSR count). The van der Waals surface area contributed by atoms with Gasteiger partial charge in [-0.2, -0.15) is 0 Å². The molecule has 0 bridgehead atoms. The molecule has 0 aromatic rings. The van der Waals surface area contributed by atoms with E-state index in [4.69, 9.17) is 4.74 Å². The van der Waals surface area contributed by atoms with Crippen LogP contribution in [0.5, 0.6) is 0 Å². The van der Waals surface area contributed by atoms with Crippen LogP contribution in [-0.2, 0) is 9.53 Å². The van der Waals surface area contributed by atoms with E-state index in [0.717, 1.165) is 45.6 Å². The first-order chi connectivity index (χ1) is 6.38. The van der Waals surface area contributed by atoms with Crippen LogP contribution in [0.15, 0.2) is 0 Å². The van der Waals surface area contributed by atoms with Gasteiger partial charge in [-0.3, -0.25) is 4.79 Å². The molecule has 7 heteroatoms. The fourth-order valence-corrected chi connectivity index (χ4v) is 1.86. The Balaban J connectivity index is 0. The highest BCUT2D eigenvalue weighted by molar-refractivity contribution is 5.85. The Morgan fingerprint density at radius 3 is 2.38 bits per heavy atom. The van der Waals surface area contributed by atoms with E-state index in [0.29, 0.717) is 0 Å². The highest BCUT2D eigenvalue weighted by atomic mass is 35.5. The molecule has 1 unspecified atom stereocenters. The molecule has 0 aromatic carbocycles. The molecule has 2 aliphatic rings. The van der Waals surface area contributed by atoms with E-state index in [9.17, 15) is 4.79 Å². The zero-order valence-electron chi connectivity index (χ0n) is 9.20. The number of nitrogens with one attached hydrogen (secondary N) is 1. The first-order valence-corrected chi connectivity index (χ1v) is 4.99. The quantitative estimate of drug-likeness (QED) is 0.609. The summed E-state index contributed by atoms with van der Waals surface area (Å²) in [5.41, 5.74) is 0. The predicted molar refractivity (Wildman–Crippen MR) is 62.9 cm³/mol. The first-order valence-electron chi connectivity index (χ1n) is 4.99. The van der Waals surface area contributed by atoms with Crippen molar-refractivity contribution in [3.63, 3.8) is 0 Å². The summed E-state index contributed by atoms with van der Waals surface area (Å²) in [6.45, 7) is 4.25. The third-order valence-electron chi connectivity index (χ3n) is 2.63. The van der Waals surface area contributed by atoms with Crippen LogP contribution >= 0.6 is 12.4 Å². The number of nitrogens with zero attached hydrogens (tertiary/aromatic N) is 1. The van der Waals surface area contributed by atoms with Gasteiger partial charge in [0.2, 0.25) is 0 Å². The molecule has 0 aliphatic carbocycles. The van der Waals surface area contributed by atoms with Crippen LogP contribution in [0, 0.1) is 0 Å². The maximum Gasteiger partial charge on any atom is 0.251 e. The molecule has 1 atom stereocenters. The number of carbonyl (C=O) groups excluding carboxylic acids is 1. The van der Waals surface area contributed by atoms with Gasteiger partial charge in [-0.15, -0.1) is 12.4 Å². The SMILES string of the molecule is Cl.O.O.O=C(C1CCCO1)N1CCNCC1. The van der Waals surface area contributed by atoms with Gasteiger partial charge in [-0.1, -0.05) is 0 Å². The van der Waals surface area contributed by atoms with Gasteiger partial charge in [-0.05, 0) is 12.8 Å². The molecule has 1 amide bonds. The predicted octanol–water partition coefficient (Wildman–Crippen LogP) is -1.63. The largest absolute Gasteiger partial charge is 0.412 e. The molecule has 2 fully saturated rings. The zero-order chi connectivity index (χ0) is 9.10. The Kier molecular flexibility index (Phi) is 9.80. The Labute approximate surface area is 101 Å². The van der Waals surface area contributed by atoms with Crippen molar-refractivity contribution in [3.8, 4) is 0 Å². The Bertz CT molecular complexity index is 194. The summed E-state index contributed by atoms with van der Waals surface area (Å²) in [5, 5.41) is 3.23. The van der Waals surface area contributed by atoms with Crippen molar-refractivity contribution in [3.05, 3.63) is 0 Å². The molecule has 98 valence electrons. The number of hydrogen-bond acceptors (Lipinski definition) is 3. The normalized spacial score (nSPS) is 23.8. The summed E-state index contributed by atoms with van der Waals surface area (Å²) in [5.74, 6) is 0.194. The molecule has 0 saturated carbocycles. The smallest absolute Gasteiger partial charge is 0.251 e. The van der Waals surface area contributed by atoms with Crippen LogP contribution in [0.3, 0.4) is 0 Å². The number of halogens is 1. The van der Waals surface area contributed by atoms with Gasteiger partial charge >= 0.3 is 0 Å². The summed E-state index contributed by atoms with van der Waals surface area (Å²) in [6.07, 6.45) is 1.80. The number of piperazine rings is 1. The monoisotopic (exact) mass is 256 g/mol. The lowest BCUT2D eigenvalue weighted by Gasteiger charge is -2.29. The maximum absolute atomic E-state index is 11.8. The lowest BCUT2D eigenvalue weighted by Crippen LogP contribution is -2.49. The minimum atomic E-state index is -0.141. The third-order valence-corrected chi connectivity index (χ3v) is 2.63. The second-order valence-corrected chi connectivity index (χ2v) is 3.58. The van der Waals surface area contributed by atoms with Crippen LogP contribution in [0.25, 0.3) is 0 Å². The summed E-state index contributed by atoms with van der Waals surface area (Å²) in [4.78, 5) is 13.7. The van der Waals surface area contributed by atoms with Gasteiger partial charge < -0.3 is 25.9 Å². The van der Waals surface area contributed by atoms with Crippen molar-refractivity contribution in [1.29, 1.82) is 0 Å². The van der Waals surface area contributed by atoms with Gasteiger partial charge in [0.1, 0.15) is 6.10 Å². The van der Waals surface area contributed by atoms with Crippen LogP contribution in [0.2, 0.25) is 0 Å². The molecule has 6 nitrogen and oxygen atoms in total. The van der Waals surface area contributed by atoms with Crippen molar-refractivity contribution >= 4 is 18.3 Å². The Morgan fingerprint density at radius 2 is 1.88 bits per heavy atom. The number of carbonyl (C=O) groups is 1. The van der Waals surface area contributed by atoms with Crippen molar-refractivity contribution in [2.45, 2.75) is 18.9 Å². The molecule has 0 spiro atoms. The number of ether oxygens (including phenoxy) is 1. The number of amides is 1. The van der Waals surface area contributed by atoms with Crippen LogP contribution < -0.4 is 5.32 Å². The van der Waals surface area contributed by atoms with Crippen molar-refractivity contribution in [1.82, 2.24) is 10.2 Å². The van der Waals surface area contributed by atoms with Crippen molar-refractivity contribution in [2.75, 3.05) is 32.8 Å². The first kappa shape index (κ1) is 18.0.